The fourth-order valence-corrected chi connectivity index (χ4v) is 9.56. The van der Waals surface area contributed by atoms with Gasteiger partial charge in [-0.2, -0.15) is 0 Å². The van der Waals surface area contributed by atoms with Crippen LogP contribution in [0.2, 0.25) is 0 Å². The van der Waals surface area contributed by atoms with E-state index in [-0.39, 0.29) is 0 Å². The first-order valence-electron chi connectivity index (χ1n) is 21.2. The van der Waals surface area contributed by atoms with Crippen molar-refractivity contribution >= 4 is 65.7 Å². The van der Waals surface area contributed by atoms with Crippen LogP contribution in [0.25, 0.3) is 128 Å². The molecule has 13 aromatic rings. The number of hydrogen-bond acceptors (Lipinski definition) is 4. The predicted octanol–water partition coefficient (Wildman–Crippen LogP) is 15.7. The van der Waals surface area contributed by atoms with E-state index in [4.69, 9.17) is 18.8 Å². The number of aromatic nitrogens is 3. The van der Waals surface area contributed by atoms with Gasteiger partial charge in [-0.25, -0.2) is 9.97 Å². The van der Waals surface area contributed by atoms with E-state index < -0.39 is 0 Å². The predicted molar refractivity (Wildman–Crippen MR) is 258 cm³/mol. The zero-order valence-electron chi connectivity index (χ0n) is 33.9. The quantitative estimate of drug-likeness (QED) is 0.168. The zero-order valence-corrected chi connectivity index (χ0v) is 33.9. The van der Waals surface area contributed by atoms with Crippen molar-refractivity contribution in [2.45, 2.75) is 0 Å². The van der Waals surface area contributed by atoms with Crippen LogP contribution >= 0.6 is 0 Å². The second-order valence-electron chi connectivity index (χ2n) is 16.1. The second-order valence-corrected chi connectivity index (χ2v) is 16.1. The molecule has 294 valence electrons. The Morgan fingerprint density at radius 2 is 0.778 bits per heavy atom. The normalized spacial score (nSPS) is 11.8. The van der Waals surface area contributed by atoms with E-state index in [0.29, 0.717) is 5.82 Å². The van der Waals surface area contributed by atoms with Crippen LogP contribution in [0.15, 0.2) is 221 Å². The molecule has 5 nitrogen and oxygen atoms in total. The Hall–Kier alpha value is -8.54. The van der Waals surface area contributed by atoms with Crippen LogP contribution in [0, 0.1) is 0 Å². The first-order chi connectivity index (χ1) is 31.2. The summed E-state index contributed by atoms with van der Waals surface area (Å²) in [6.45, 7) is 0. The zero-order chi connectivity index (χ0) is 41.4. The van der Waals surface area contributed by atoms with Gasteiger partial charge in [-0.1, -0.05) is 127 Å². The number of furan rings is 2. The van der Waals surface area contributed by atoms with Gasteiger partial charge in [-0.3, -0.25) is 0 Å². The number of nitrogens with zero attached hydrogens (tertiary/aromatic N) is 3. The summed E-state index contributed by atoms with van der Waals surface area (Å²) in [7, 11) is 0. The molecule has 0 bridgehead atoms. The van der Waals surface area contributed by atoms with E-state index in [9.17, 15) is 0 Å². The summed E-state index contributed by atoms with van der Waals surface area (Å²) in [6.07, 6.45) is 0. The summed E-state index contributed by atoms with van der Waals surface area (Å²) < 4.78 is 15.2. The third-order valence-corrected chi connectivity index (χ3v) is 12.4. The van der Waals surface area contributed by atoms with Gasteiger partial charge >= 0.3 is 0 Å². The van der Waals surface area contributed by atoms with Gasteiger partial charge in [0.05, 0.1) is 22.4 Å². The lowest BCUT2D eigenvalue weighted by Gasteiger charge is -2.14. The van der Waals surface area contributed by atoms with E-state index in [1.807, 2.05) is 30.3 Å². The van der Waals surface area contributed by atoms with Crippen LogP contribution in [0.5, 0.6) is 0 Å². The Morgan fingerprint density at radius 3 is 1.35 bits per heavy atom. The molecule has 0 aliphatic carbocycles. The summed E-state index contributed by atoms with van der Waals surface area (Å²) >= 11 is 0. The summed E-state index contributed by atoms with van der Waals surface area (Å²) in [6, 6.07) is 74.4. The molecule has 0 spiro atoms. The molecule has 5 heteroatoms. The summed E-state index contributed by atoms with van der Waals surface area (Å²) in [5, 5.41) is 6.80. The molecule has 13 rings (SSSR count). The largest absolute Gasteiger partial charge is 0.456 e. The Morgan fingerprint density at radius 1 is 0.317 bits per heavy atom. The van der Waals surface area contributed by atoms with Crippen molar-refractivity contribution in [2.24, 2.45) is 0 Å². The Balaban J connectivity index is 1.03. The Bertz CT molecular complexity index is 3730. The van der Waals surface area contributed by atoms with Gasteiger partial charge in [-0.05, 0) is 107 Å². The molecule has 4 heterocycles. The Labute approximate surface area is 361 Å². The molecule has 0 fully saturated rings. The highest BCUT2D eigenvalue weighted by molar-refractivity contribution is 6.15. The maximum absolute atomic E-state index is 6.41. The second kappa shape index (κ2) is 14.0. The lowest BCUT2D eigenvalue weighted by molar-refractivity contribution is 0.668. The van der Waals surface area contributed by atoms with Crippen molar-refractivity contribution in [3.63, 3.8) is 0 Å². The summed E-state index contributed by atoms with van der Waals surface area (Å²) in [5.74, 6) is 0.651. The van der Waals surface area contributed by atoms with Crippen molar-refractivity contribution < 1.29 is 8.83 Å². The van der Waals surface area contributed by atoms with Gasteiger partial charge in [-0.15, -0.1) is 0 Å². The molecule has 0 aliphatic rings. The van der Waals surface area contributed by atoms with Crippen molar-refractivity contribution in [2.75, 3.05) is 0 Å². The molecule has 0 radical (unpaired) electrons. The van der Waals surface area contributed by atoms with E-state index in [0.717, 1.165) is 99.9 Å². The number of benzene rings is 9. The highest BCUT2D eigenvalue weighted by Crippen LogP contribution is 2.43. The van der Waals surface area contributed by atoms with E-state index >= 15 is 0 Å². The van der Waals surface area contributed by atoms with Crippen LogP contribution in [0.3, 0.4) is 0 Å². The lowest BCUT2D eigenvalue weighted by atomic mass is 9.91. The van der Waals surface area contributed by atoms with Crippen molar-refractivity contribution in [3.05, 3.63) is 212 Å². The van der Waals surface area contributed by atoms with E-state index in [1.54, 1.807) is 0 Å². The maximum atomic E-state index is 6.41. The standard InChI is InChI=1S/C58H35N3O2/c1-2-14-36(15-3-1)48-35-49(60-58(59-48)37-28-30-41(31-29-37)61-50-22-8-4-16-44(50)45-17-5-9-23-51(45)61)40-33-38(42-20-12-26-54-56(42)46-18-6-10-24-52(46)62-54)32-39(34-40)43-21-13-27-55-57(43)47-19-7-11-25-53(47)63-55/h1-35H. The van der Waals surface area contributed by atoms with Crippen LogP contribution in [0.4, 0.5) is 0 Å². The van der Waals surface area contributed by atoms with E-state index in [2.05, 4.69) is 187 Å². The van der Waals surface area contributed by atoms with Crippen LogP contribution in [0.1, 0.15) is 0 Å². The average molecular weight is 806 g/mol. The van der Waals surface area contributed by atoms with Crippen molar-refractivity contribution in [3.8, 4) is 61.8 Å². The number of hydrogen-bond donors (Lipinski definition) is 0. The molecule has 0 atom stereocenters. The molecule has 9 aromatic carbocycles. The summed E-state index contributed by atoms with van der Waals surface area (Å²) in [4.78, 5) is 10.7. The molecule has 0 aliphatic heterocycles. The van der Waals surface area contributed by atoms with Crippen molar-refractivity contribution in [1.29, 1.82) is 0 Å². The fourth-order valence-electron chi connectivity index (χ4n) is 9.56. The van der Waals surface area contributed by atoms with Gasteiger partial charge in [0.1, 0.15) is 22.3 Å². The first kappa shape index (κ1) is 35.2. The molecule has 63 heavy (non-hydrogen) atoms. The molecular weight excluding hydrogens is 771 g/mol. The lowest BCUT2D eigenvalue weighted by Crippen LogP contribution is -1.98. The molecule has 0 amide bonds. The Kier molecular flexibility index (Phi) is 7.84. The minimum Gasteiger partial charge on any atom is -0.456 e. The number of fused-ring (bicyclic) bond motifs is 9. The smallest absolute Gasteiger partial charge is 0.160 e. The summed E-state index contributed by atoms with van der Waals surface area (Å²) in [5.41, 5.74) is 15.7. The molecule has 0 saturated carbocycles. The van der Waals surface area contributed by atoms with Crippen LogP contribution < -0.4 is 0 Å². The molecular formula is C58H35N3O2. The van der Waals surface area contributed by atoms with Gasteiger partial charge in [0.2, 0.25) is 0 Å². The van der Waals surface area contributed by atoms with Crippen LogP contribution in [-0.2, 0) is 0 Å². The molecule has 4 aromatic heterocycles. The van der Waals surface area contributed by atoms with Gasteiger partial charge in [0.15, 0.2) is 5.82 Å². The minimum absolute atomic E-state index is 0.651. The molecule has 0 unspecified atom stereocenters. The van der Waals surface area contributed by atoms with Crippen LogP contribution in [-0.4, -0.2) is 14.5 Å². The van der Waals surface area contributed by atoms with Gasteiger partial charge < -0.3 is 13.4 Å². The highest BCUT2D eigenvalue weighted by atomic mass is 16.3. The van der Waals surface area contributed by atoms with Crippen molar-refractivity contribution in [1.82, 2.24) is 14.5 Å². The number of para-hydroxylation sites is 4. The maximum Gasteiger partial charge on any atom is 0.160 e. The fraction of sp³-hybridized carbons (Fsp3) is 0. The third-order valence-electron chi connectivity index (χ3n) is 12.4. The molecule has 0 saturated heterocycles. The first-order valence-corrected chi connectivity index (χ1v) is 21.2. The SMILES string of the molecule is c1ccc(-c2cc(-c3cc(-c4cccc5oc6ccccc6c45)cc(-c4cccc5oc6ccccc6c45)c3)nc(-c3ccc(-n4c5ccccc5c5ccccc54)cc3)n2)cc1. The minimum atomic E-state index is 0.651. The topological polar surface area (TPSA) is 57.0 Å². The third kappa shape index (κ3) is 5.71. The van der Waals surface area contributed by atoms with E-state index in [1.165, 1.54) is 21.8 Å². The molecule has 0 N–H and O–H groups in total. The number of rotatable bonds is 6. The van der Waals surface area contributed by atoms with Gasteiger partial charge in [0, 0.05) is 54.7 Å². The monoisotopic (exact) mass is 805 g/mol. The van der Waals surface area contributed by atoms with Gasteiger partial charge in [0.25, 0.3) is 0 Å². The average Bonchev–Trinajstić information content (AvgIpc) is 4.04. The highest BCUT2D eigenvalue weighted by Gasteiger charge is 2.20.